The summed E-state index contributed by atoms with van der Waals surface area (Å²) in [5.74, 6) is -2.38. The average Bonchev–Trinajstić information content (AvgIpc) is 2.86. The van der Waals surface area contributed by atoms with Gasteiger partial charge in [0.15, 0.2) is 0 Å². The van der Waals surface area contributed by atoms with Crippen molar-refractivity contribution in [2.24, 2.45) is 5.73 Å². The number of hydrazine groups is 1. The van der Waals surface area contributed by atoms with E-state index in [1.54, 1.807) is 6.07 Å². The summed E-state index contributed by atoms with van der Waals surface area (Å²) in [6.45, 7) is 4.29. The Labute approximate surface area is 150 Å². The summed E-state index contributed by atoms with van der Waals surface area (Å²) in [6, 6.07) is 2.50. The lowest BCUT2D eigenvalue weighted by molar-refractivity contribution is -0.138. The first kappa shape index (κ1) is 19.6. The van der Waals surface area contributed by atoms with Crippen LogP contribution in [0.1, 0.15) is 35.8 Å². The maximum Gasteiger partial charge on any atom is 0.322 e. The maximum absolute atomic E-state index is 14.0. The molecule has 5 N–H and O–H groups in total. The third kappa shape index (κ3) is 4.46. The molecule has 7 nitrogen and oxygen atoms in total. The first-order chi connectivity index (χ1) is 11.7. The number of benzene rings is 1. The van der Waals surface area contributed by atoms with E-state index in [0.717, 1.165) is 6.07 Å². The monoisotopic (exact) mass is 372 g/mol. The number of alkyl halides is 1. The van der Waals surface area contributed by atoms with Gasteiger partial charge in [-0.1, -0.05) is 6.92 Å². The van der Waals surface area contributed by atoms with Gasteiger partial charge < -0.3 is 16.2 Å². The Bertz CT molecular complexity index is 660. The Morgan fingerprint density at radius 2 is 2.16 bits per heavy atom. The number of rotatable bonds is 6. The van der Waals surface area contributed by atoms with Crippen LogP contribution < -0.4 is 16.5 Å². The molecule has 1 aliphatic heterocycles. The third-order valence-corrected chi connectivity index (χ3v) is 4.77. The minimum Gasteiger partial charge on any atom is -0.480 e. The van der Waals surface area contributed by atoms with E-state index in [1.165, 1.54) is 6.07 Å². The molecule has 4 atom stereocenters. The summed E-state index contributed by atoms with van der Waals surface area (Å²) in [4.78, 5) is 22.9. The molecule has 0 radical (unpaired) electrons. The molecule has 9 heteroatoms. The van der Waals surface area contributed by atoms with Crippen LogP contribution in [0.4, 0.5) is 4.39 Å². The molecule has 1 fully saturated rings. The topological polar surface area (TPSA) is 108 Å². The van der Waals surface area contributed by atoms with Crippen molar-refractivity contribution in [3.63, 3.8) is 0 Å². The van der Waals surface area contributed by atoms with Gasteiger partial charge in [0.2, 0.25) is 0 Å². The van der Waals surface area contributed by atoms with E-state index in [9.17, 15) is 14.0 Å². The van der Waals surface area contributed by atoms with E-state index < -0.39 is 23.7 Å². The van der Waals surface area contributed by atoms with Crippen molar-refractivity contribution in [2.45, 2.75) is 37.4 Å². The molecule has 1 amide bonds. The van der Waals surface area contributed by atoms with Crippen molar-refractivity contribution in [2.75, 3.05) is 13.1 Å². The first-order valence-electron chi connectivity index (χ1n) is 7.98. The van der Waals surface area contributed by atoms with Gasteiger partial charge in [0.1, 0.15) is 11.9 Å². The molecule has 1 saturated heterocycles. The first-order valence-corrected chi connectivity index (χ1v) is 8.42. The Morgan fingerprint density at radius 1 is 1.48 bits per heavy atom. The predicted molar refractivity (Wildman–Crippen MR) is 91.7 cm³/mol. The highest BCUT2D eigenvalue weighted by Crippen LogP contribution is 2.34. The molecular formula is C16H22ClFN4O3. The quantitative estimate of drug-likeness (QED) is 0.551. The molecule has 0 aromatic heterocycles. The van der Waals surface area contributed by atoms with Crippen molar-refractivity contribution in [3.8, 4) is 0 Å². The molecule has 1 heterocycles. The highest BCUT2D eigenvalue weighted by Gasteiger charge is 2.38. The van der Waals surface area contributed by atoms with Gasteiger partial charge in [-0.05, 0) is 30.7 Å². The van der Waals surface area contributed by atoms with Gasteiger partial charge in [-0.25, -0.2) is 9.40 Å². The number of nitrogens with two attached hydrogens (primary N) is 1. The number of carbonyl (C=O) groups excluding carboxylic acids is 1. The van der Waals surface area contributed by atoms with E-state index in [2.05, 4.69) is 10.7 Å². The normalized spacial score (nSPS) is 24.9. The van der Waals surface area contributed by atoms with Gasteiger partial charge in [-0.3, -0.25) is 15.0 Å². The molecule has 25 heavy (non-hydrogen) atoms. The summed E-state index contributed by atoms with van der Waals surface area (Å²) in [5, 5.41) is 12.7. The number of nitrogens with zero attached hydrogens (tertiary/aromatic N) is 1. The van der Waals surface area contributed by atoms with E-state index in [1.807, 2.05) is 18.9 Å². The van der Waals surface area contributed by atoms with Crippen LogP contribution in [0, 0.1) is 5.82 Å². The number of carbonyl (C=O) groups is 2. The molecule has 1 aromatic carbocycles. The zero-order valence-corrected chi connectivity index (χ0v) is 14.8. The van der Waals surface area contributed by atoms with Crippen LogP contribution >= 0.6 is 11.6 Å². The van der Waals surface area contributed by atoms with Gasteiger partial charge >= 0.3 is 5.97 Å². The zero-order valence-electron chi connectivity index (χ0n) is 14.0. The lowest BCUT2D eigenvalue weighted by Gasteiger charge is -2.24. The molecule has 2 rings (SSSR count). The second-order valence-electron chi connectivity index (χ2n) is 6.02. The molecule has 0 spiro atoms. The van der Waals surface area contributed by atoms with Gasteiger partial charge in [0.25, 0.3) is 5.91 Å². The standard InChI is InChI=1S/C16H22ClFN4O3/c1-3-22-14(13(17)8(2)21-22)9-4-10(6-11(18)5-9)15(23)20-7-12(19)16(24)25/h4-6,8,12-14,21H,3,7,19H2,1-2H3,(H,20,23)(H,24,25)/t8?,12-,13?,14?/m1/s1. The maximum atomic E-state index is 14.0. The Balaban J connectivity index is 2.22. The SMILES string of the molecule is CCN1NC(C)C(Cl)C1c1cc(F)cc(C(=O)NC[C@@H](N)C(=O)O)c1. The number of carboxylic acids is 1. The van der Waals surface area contributed by atoms with Gasteiger partial charge in [0.05, 0.1) is 11.4 Å². The third-order valence-electron chi connectivity index (χ3n) is 4.15. The predicted octanol–water partition coefficient (Wildman–Crippen LogP) is 0.845. The van der Waals surface area contributed by atoms with Crippen molar-refractivity contribution in [3.05, 3.63) is 35.1 Å². The van der Waals surface area contributed by atoms with Crippen LogP contribution in [0.2, 0.25) is 0 Å². The van der Waals surface area contributed by atoms with Crippen LogP contribution in [-0.4, -0.2) is 52.5 Å². The van der Waals surface area contributed by atoms with E-state index >= 15 is 0 Å². The minimum atomic E-state index is -1.23. The second-order valence-corrected chi connectivity index (χ2v) is 6.53. The summed E-state index contributed by atoms with van der Waals surface area (Å²) >= 11 is 6.45. The van der Waals surface area contributed by atoms with E-state index in [4.69, 9.17) is 22.4 Å². The van der Waals surface area contributed by atoms with Crippen LogP contribution in [-0.2, 0) is 4.79 Å². The van der Waals surface area contributed by atoms with Crippen LogP contribution in [0.3, 0.4) is 0 Å². The number of halogens is 2. The van der Waals surface area contributed by atoms with E-state index in [-0.39, 0.29) is 29.6 Å². The van der Waals surface area contributed by atoms with Gasteiger partial charge in [-0.2, -0.15) is 0 Å². The molecule has 138 valence electrons. The molecule has 0 saturated carbocycles. The lowest BCUT2D eigenvalue weighted by atomic mass is 9.98. The van der Waals surface area contributed by atoms with Crippen LogP contribution in [0.15, 0.2) is 18.2 Å². The number of hydrogen-bond acceptors (Lipinski definition) is 5. The molecule has 3 unspecified atom stereocenters. The van der Waals surface area contributed by atoms with Crippen molar-refractivity contribution < 1.29 is 19.1 Å². The number of carboxylic acid groups (broad SMARTS) is 1. The van der Waals surface area contributed by atoms with Crippen molar-refractivity contribution >= 4 is 23.5 Å². The molecule has 1 aromatic rings. The number of nitrogens with one attached hydrogen (secondary N) is 2. The Morgan fingerprint density at radius 3 is 2.76 bits per heavy atom. The van der Waals surface area contributed by atoms with Crippen molar-refractivity contribution in [1.29, 1.82) is 0 Å². The Hall–Kier alpha value is -1.74. The van der Waals surface area contributed by atoms with Gasteiger partial charge in [-0.15, -0.1) is 11.6 Å². The Kier molecular flexibility index (Phi) is 6.34. The number of hydrogen-bond donors (Lipinski definition) is 4. The lowest BCUT2D eigenvalue weighted by Crippen LogP contribution is -2.42. The minimum absolute atomic E-state index is 0.000672. The summed E-state index contributed by atoms with van der Waals surface area (Å²) in [7, 11) is 0. The summed E-state index contributed by atoms with van der Waals surface area (Å²) < 4.78 is 14.0. The fraction of sp³-hybridized carbons (Fsp3) is 0.500. The number of aliphatic carboxylic acids is 1. The molecule has 0 bridgehead atoms. The largest absolute Gasteiger partial charge is 0.480 e. The number of amides is 1. The summed E-state index contributed by atoms with van der Waals surface area (Å²) in [6.07, 6.45) is 0. The molecular weight excluding hydrogens is 351 g/mol. The second kappa shape index (κ2) is 8.09. The molecule has 1 aliphatic rings. The summed E-state index contributed by atoms with van der Waals surface area (Å²) in [5.41, 5.74) is 9.24. The molecule has 0 aliphatic carbocycles. The highest BCUT2D eigenvalue weighted by atomic mass is 35.5. The smallest absolute Gasteiger partial charge is 0.322 e. The fourth-order valence-corrected chi connectivity index (χ4v) is 3.15. The fourth-order valence-electron chi connectivity index (χ4n) is 2.82. The van der Waals surface area contributed by atoms with Gasteiger partial charge in [0, 0.05) is 24.7 Å². The van der Waals surface area contributed by atoms with Crippen molar-refractivity contribution in [1.82, 2.24) is 15.8 Å². The van der Waals surface area contributed by atoms with Crippen LogP contribution in [0.25, 0.3) is 0 Å². The van der Waals surface area contributed by atoms with E-state index in [0.29, 0.717) is 12.1 Å². The highest BCUT2D eigenvalue weighted by molar-refractivity contribution is 6.21. The zero-order chi connectivity index (χ0) is 18.7. The average molecular weight is 373 g/mol. The van der Waals surface area contributed by atoms with Crippen LogP contribution in [0.5, 0.6) is 0 Å².